The van der Waals surface area contributed by atoms with E-state index in [2.05, 4.69) is 282 Å². The summed E-state index contributed by atoms with van der Waals surface area (Å²) in [5.74, 6) is 0. The Hall–Kier alpha value is -9.32. The number of aromatic nitrogens is 4. The molecule has 0 spiro atoms. The molecule has 348 valence electrons. The molecule has 0 fully saturated rings. The summed E-state index contributed by atoms with van der Waals surface area (Å²) in [6, 6.07) is 90.1. The van der Waals surface area contributed by atoms with Crippen molar-refractivity contribution in [3.63, 3.8) is 0 Å². The van der Waals surface area contributed by atoms with Crippen LogP contribution in [0.2, 0.25) is 0 Å². The minimum Gasteiger partial charge on any atom is -0.309 e. The van der Waals surface area contributed by atoms with Crippen LogP contribution < -0.4 is 16.4 Å². The molecule has 0 saturated heterocycles. The van der Waals surface area contributed by atoms with Gasteiger partial charge in [0.2, 0.25) is 6.71 Å². The lowest BCUT2D eigenvalue weighted by Crippen LogP contribution is -2.54. The first-order valence-corrected chi connectivity index (χ1v) is 25.8. The van der Waals surface area contributed by atoms with Crippen LogP contribution >= 0.6 is 0 Å². The monoisotopic (exact) mass is 944 g/mol. The summed E-state index contributed by atoms with van der Waals surface area (Å²) in [5.41, 5.74) is 21.9. The molecule has 4 heterocycles. The van der Waals surface area contributed by atoms with E-state index in [1.807, 2.05) is 0 Å². The molecular formula is C69H49BN4. The van der Waals surface area contributed by atoms with E-state index in [0.29, 0.717) is 0 Å². The quantitative estimate of drug-likeness (QED) is 0.142. The van der Waals surface area contributed by atoms with Gasteiger partial charge >= 0.3 is 0 Å². The largest absolute Gasteiger partial charge is 0.309 e. The molecule has 0 N–H and O–H groups in total. The summed E-state index contributed by atoms with van der Waals surface area (Å²) < 4.78 is 9.89. The van der Waals surface area contributed by atoms with Crippen LogP contribution in [0.5, 0.6) is 0 Å². The highest BCUT2D eigenvalue weighted by atomic mass is 15.0. The van der Waals surface area contributed by atoms with E-state index < -0.39 is 0 Å². The number of rotatable bonds is 7. The number of benzene rings is 11. The topological polar surface area (TPSA) is 19.7 Å². The van der Waals surface area contributed by atoms with Crippen molar-refractivity contribution in [2.75, 3.05) is 0 Å². The molecule has 0 saturated carbocycles. The van der Waals surface area contributed by atoms with Gasteiger partial charge in [-0.15, -0.1) is 0 Å². The molecule has 4 aromatic heterocycles. The first kappa shape index (κ1) is 42.4. The molecule has 0 radical (unpaired) electrons. The van der Waals surface area contributed by atoms with Crippen molar-refractivity contribution in [3.05, 3.63) is 259 Å². The van der Waals surface area contributed by atoms with E-state index in [9.17, 15) is 0 Å². The molecule has 0 aliphatic rings. The van der Waals surface area contributed by atoms with Gasteiger partial charge in [-0.05, 0) is 112 Å². The van der Waals surface area contributed by atoms with Crippen molar-refractivity contribution in [2.24, 2.45) is 0 Å². The van der Waals surface area contributed by atoms with Crippen LogP contribution in [0.25, 0.3) is 110 Å². The third-order valence-corrected chi connectivity index (χ3v) is 15.9. The maximum Gasteiger partial charge on any atom is 0.242 e. The standard InChI is InChI=1S/C69H49BN4/c1-44-40-45(2)68(46(3)41-44)70(47-20-18-26-51(42-47)73-60-34-16-12-30-56(60)66-63(73)39-38-62-65(66)55-29-11-15-33-59(55)71(62)49-22-6-4-7-23-49)48-21-19-27-52(43-48)74-58-32-14-10-28-53(58)54-36-37-64-67(69(54)74)57-31-13-17-35-61(57)72(64)50-24-8-5-9-25-50/h4-43H,1-3H3. The van der Waals surface area contributed by atoms with Crippen LogP contribution in [0, 0.1) is 20.8 Å². The third-order valence-electron chi connectivity index (χ3n) is 15.9. The minimum absolute atomic E-state index is 0.0627. The van der Waals surface area contributed by atoms with E-state index in [1.54, 1.807) is 0 Å². The van der Waals surface area contributed by atoms with E-state index >= 15 is 0 Å². The number of para-hydroxylation sites is 6. The first-order valence-electron chi connectivity index (χ1n) is 25.8. The molecule has 0 aliphatic carbocycles. The van der Waals surface area contributed by atoms with Crippen molar-refractivity contribution < 1.29 is 0 Å². The van der Waals surface area contributed by atoms with Crippen LogP contribution in [-0.4, -0.2) is 25.0 Å². The van der Waals surface area contributed by atoms with E-state index in [0.717, 1.165) is 22.7 Å². The molecule has 74 heavy (non-hydrogen) atoms. The Morgan fingerprint density at radius 1 is 0.270 bits per heavy atom. The highest BCUT2D eigenvalue weighted by Crippen LogP contribution is 2.44. The second-order valence-electron chi connectivity index (χ2n) is 20.2. The Bertz CT molecular complexity index is 4740. The van der Waals surface area contributed by atoms with Crippen LogP contribution in [0.4, 0.5) is 0 Å². The Balaban J connectivity index is 0.968. The van der Waals surface area contributed by atoms with Gasteiger partial charge in [-0.3, -0.25) is 0 Å². The molecule has 0 aliphatic heterocycles. The average molecular weight is 945 g/mol. The fourth-order valence-electron chi connectivity index (χ4n) is 13.1. The lowest BCUT2D eigenvalue weighted by Gasteiger charge is -2.23. The van der Waals surface area contributed by atoms with Crippen LogP contribution in [0.15, 0.2) is 243 Å². The van der Waals surface area contributed by atoms with Crippen LogP contribution in [0.1, 0.15) is 16.7 Å². The van der Waals surface area contributed by atoms with Gasteiger partial charge < -0.3 is 18.3 Å². The predicted octanol–water partition coefficient (Wildman–Crippen LogP) is 15.5. The van der Waals surface area contributed by atoms with Gasteiger partial charge in [0, 0.05) is 65.8 Å². The van der Waals surface area contributed by atoms with Gasteiger partial charge in [-0.25, -0.2) is 0 Å². The summed E-state index contributed by atoms with van der Waals surface area (Å²) in [6.45, 7) is 6.75. The number of aryl methyl sites for hydroxylation is 3. The van der Waals surface area contributed by atoms with Gasteiger partial charge in [-0.2, -0.15) is 0 Å². The molecule has 15 aromatic rings. The summed E-state index contributed by atoms with van der Waals surface area (Å²) in [6.07, 6.45) is 0. The average Bonchev–Trinajstić information content (AvgIpc) is 4.19. The first-order chi connectivity index (χ1) is 36.5. The Morgan fingerprint density at radius 3 is 1.16 bits per heavy atom. The van der Waals surface area contributed by atoms with E-state index in [4.69, 9.17) is 0 Å². The Morgan fingerprint density at radius 2 is 0.649 bits per heavy atom. The summed E-state index contributed by atoms with van der Waals surface area (Å²) in [4.78, 5) is 0. The number of hydrogen-bond acceptors (Lipinski definition) is 0. The van der Waals surface area contributed by atoms with Crippen molar-refractivity contribution >= 4 is 110 Å². The third kappa shape index (κ3) is 6.17. The molecule has 15 rings (SSSR count). The summed E-state index contributed by atoms with van der Waals surface area (Å²) in [5, 5.41) is 10.0. The minimum atomic E-state index is -0.0627. The van der Waals surface area contributed by atoms with Crippen LogP contribution in [-0.2, 0) is 0 Å². The molecule has 0 bridgehead atoms. The smallest absolute Gasteiger partial charge is 0.242 e. The lowest BCUT2D eigenvalue weighted by atomic mass is 9.35. The lowest BCUT2D eigenvalue weighted by molar-refractivity contribution is 1.17. The second kappa shape index (κ2) is 16.4. The van der Waals surface area contributed by atoms with Crippen molar-refractivity contribution in [1.82, 2.24) is 18.3 Å². The van der Waals surface area contributed by atoms with E-state index in [-0.39, 0.29) is 6.71 Å². The summed E-state index contributed by atoms with van der Waals surface area (Å²) in [7, 11) is 0. The summed E-state index contributed by atoms with van der Waals surface area (Å²) >= 11 is 0. The number of hydrogen-bond donors (Lipinski definition) is 0. The maximum atomic E-state index is 2.54. The molecule has 11 aromatic carbocycles. The molecule has 0 amide bonds. The fraction of sp³-hybridized carbons (Fsp3) is 0.0435. The van der Waals surface area contributed by atoms with Crippen molar-refractivity contribution in [1.29, 1.82) is 0 Å². The predicted molar refractivity (Wildman–Crippen MR) is 316 cm³/mol. The Labute approximate surface area is 429 Å². The van der Waals surface area contributed by atoms with Crippen molar-refractivity contribution in [2.45, 2.75) is 20.8 Å². The zero-order valence-corrected chi connectivity index (χ0v) is 41.5. The van der Waals surface area contributed by atoms with Crippen LogP contribution in [0.3, 0.4) is 0 Å². The van der Waals surface area contributed by atoms with Crippen molar-refractivity contribution in [3.8, 4) is 22.7 Å². The van der Waals surface area contributed by atoms with Gasteiger partial charge in [0.25, 0.3) is 0 Å². The van der Waals surface area contributed by atoms with E-state index in [1.165, 1.54) is 120 Å². The molecule has 0 unspecified atom stereocenters. The highest BCUT2D eigenvalue weighted by molar-refractivity contribution is 6.96. The Kier molecular flexibility index (Phi) is 9.37. The zero-order valence-electron chi connectivity index (χ0n) is 41.5. The maximum absolute atomic E-state index is 2.54. The fourth-order valence-corrected chi connectivity index (χ4v) is 13.1. The van der Waals surface area contributed by atoms with Gasteiger partial charge in [-0.1, -0.05) is 185 Å². The molecule has 5 heteroatoms. The number of nitrogens with zero attached hydrogens (tertiary/aromatic N) is 4. The second-order valence-corrected chi connectivity index (χ2v) is 20.2. The molecule has 0 atom stereocenters. The van der Waals surface area contributed by atoms with Gasteiger partial charge in [0.1, 0.15) is 0 Å². The van der Waals surface area contributed by atoms with Gasteiger partial charge in [0.05, 0.1) is 44.1 Å². The zero-order chi connectivity index (χ0) is 49.2. The SMILES string of the molecule is Cc1cc(C)c(B(c2cccc(-n3c4ccccc4c4c5c6ccccc6n(-c6ccccc6)c5ccc43)c2)c2cccc(-n3c4ccccc4c4ccc5c(c6ccccc6n5-c5ccccc5)c43)c2)c(C)c1. The molecular weight excluding hydrogens is 896 g/mol. The number of fused-ring (bicyclic) bond motifs is 14. The van der Waals surface area contributed by atoms with Gasteiger partial charge in [0.15, 0.2) is 0 Å². The highest BCUT2D eigenvalue weighted by Gasteiger charge is 2.29. The molecule has 4 nitrogen and oxygen atoms in total. The normalized spacial score (nSPS) is 12.0.